The molecule has 0 atom stereocenters. The van der Waals surface area contributed by atoms with Gasteiger partial charge >= 0.3 is 5.97 Å². The monoisotopic (exact) mass is 249 g/mol. The molecule has 1 aromatic carbocycles. The number of rotatable bonds is 3. The molecule has 18 heavy (non-hydrogen) atoms. The second kappa shape index (κ2) is 5.76. The van der Waals surface area contributed by atoms with Crippen molar-refractivity contribution in [3.63, 3.8) is 0 Å². The van der Waals surface area contributed by atoms with Gasteiger partial charge in [-0.15, -0.1) is 0 Å². The number of benzene rings is 1. The summed E-state index contributed by atoms with van der Waals surface area (Å²) in [5, 5.41) is 0. The summed E-state index contributed by atoms with van der Waals surface area (Å²) in [7, 11) is 3.05. The molecule has 98 valence electrons. The highest BCUT2D eigenvalue weighted by atomic mass is 16.5. The molecule has 0 N–H and O–H groups in total. The van der Waals surface area contributed by atoms with Gasteiger partial charge in [0.15, 0.2) is 0 Å². The van der Waals surface area contributed by atoms with Crippen LogP contribution in [0, 0.1) is 0 Å². The number of piperidine rings is 1. The molecule has 1 fully saturated rings. The van der Waals surface area contributed by atoms with Crippen molar-refractivity contribution in [2.24, 2.45) is 0 Å². The Bertz CT molecular complexity index is 425. The Kier molecular flexibility index (Phi) is 4.07. The van der Waals surface area contributed by atoms with Crippen LogP contribution in [0.15, 0.2) is 18.2 Å². The summed E-state index contributed by atoms with van der Waals surface area (Å²) < 4.78 is 10.1. The summed E-state index contributed by atoms with van der Waals surface area (Å²) in [4.78, 5) is 13.8. The number of esters is 1. The van der Waals surface area contributed by atoms with Crippen LogP contribution in [0.1, 0.15) is 29.6 Å². The molecular formula is C14H19NO3. The Morgan fingerprint density at radius 1 is 1.17 bits per heavy atom. The summed E-state index contributed by atoms with van der Waals surface area (Å²) in [5.74, 6) is 0.500. The van der Waals surface area contributed by atoms with Crippen molar-refractivity contribution >= 4 is 11.7 Å². The third kappa shape index (κ3) is 2.58. The van der Waals surface area contributed by atoms with Crippen LogP contribution < -0.4 is 9.64 Å². The SMILES string of the molecule is COC(=O)c1ccc(OC)c(N2CCCCC2)c1. The smallest absolute Gasteiger partial charge is 0.337 e. The number of methoxy groups -OCH3 is 2. The number of anilines is 1. The van der Waals surface area contributed by atoms with Crippen LogP contribution in [0.2, 0.25) is 0 Å². The first-order chi connectivity index (χ1) is 8.76. The Morgan fingerprint density at radius 2 is 1.89 bits per heavy atom. The highest BCUT2D eigenvalue weighted by Gasteiger charge is 2.17. The molecule has 1 aliphatic heterocycles. The molecular weight excluding hydrogens is 230 g/mol. The zero-order valence-corrected chi connectivity index (χ0v) is 10.9. The molecule has 1 aliphatic rings. The Morgan fingerprint density at radius 3 is 2.50 bits per heavy atom. The van der Waals surface area contributed by atoms with Crippen LogP contribution in [0.4, 0.5) is 5.69 Å². The maximum atomic E-state index is 11.6. The van der Waals surface area contributed by atoms with Crippen LogP contribution >= 0.6 is 0 Å². The molecule has 0 unspecified atom stereocenters. The minimum absolute atomic E-state index is 0.309. The lowest BCUT2D eigenvalue weighted by Crippen LogP contribution is -2.29. The zero-order valence-electron chi connectivity index (χ0n) is 10.9. The predicted molar refractivity (Wildman–Crippen MR) is 70.4 cm³/mol. The zero-order chi connectivity index (χ0) is 13.0. The van der Waals surface area contributed by atoms with Gasteiger partial charge in [-0.25, -0.2) is 4.79 Å². The summed E-state index contributed by atoms with van der Waals surface area (Å²) in [5.41, 5.74) is 1.55. The van der Waals surface area contributed by atoms with E-state index in [0.29, 0.717) is 5.56 Å². The second-order valence-corrected chi connectivity index (χ2v) is 4.43. The van der Waals surface area contributed by atoms with Crippen molar-refractivity contribution in [1.82, 2.24) is 0 Å². The topological polar surface area (TPSA) is 38.8 Å². The van der Waals surface area contributed by atoms with E-state index in [1.807, 2.05) is 12.1 Å². The highest BCUT2D eigenvalue weighted by Crippen LogP contribution is 2.31. The van der Waals surface area contributed by atoms with E-state index >= 15 is 0 Å². The Hall–Kier alpha value is -1.71. The fourth-order valence-electron chi connectivity index (χ4n) is 2.32. The molecule has 2 rings (SSSR count). The van der Waals surface area contributed by atoms with Crippen molar-refractivity contribution in [3.8, 4) is 5.75 Å². The summed E-state index contributed by atoms with van der Waals surface area (Å²) in [6, 6.07) is 5.42. The first-order valence-corrected chi connectivity index (χ1v) is 6.27. The van der Waals surface area contributed by atoms with Crippen molar-refractivity contribution in [2.75, 3.05) is 32.2 Å². The lowest BCUT2D eigenvalue weighted by molar-refractivity contribution is 0.0600. The molecule has 4 nitrogen and oxygen atoms in total. The van der Waals surface area contributed by atoms with E-state index < -0.39 is 0 Å². The number of hydrogen-bond donors (Lipinski definition) is 0. The van der Waals surface area contributed by atoms with Crippen LogP contribution in [0.3, 0.4) is 0 Å². The van der Waals surface area contributed by atoms with Gasteiger partial charge in [0.05, 0.1) is 25.5 Å². The van der Waals surface area contributed by atoms with Gasteiger partial charge in [0.25, 0.3) is 0 Å². The maximum absolute atomic E-state index is 11.6. The van der Waals surface area contributed by atoms with Gasteiger partial charge in [-0.05, 0) is 37.5 Å². The quantitative estimate of drug-likeness (QED) is 0.771. The number of hydrogen-bond acceptors (Lipinski definition) is 4. The van der Waals surface area contributed by atoms with Gasteiger partial charge in [-0.3, -0.25) is 0 Å². The van der Waals surface area contributed by atoms with Crippen molar-refractivity contribution in [3.05, 3.63) is 23.8 Å². The molecule has 0 spiro atoms. The summed E-state index contributed by atoms with van der Waals surface area (Å²) >= 11 is 0. The van der Waals surface area contributed by atoms with E-state index in [2.05, 4.69) is 4.90 Å². The van der Waals surface area contributed by atoms with E-state index in [0.717, 1.165) is 24.5 Å². The standard InChI is InChI=1S/C14H19NO3/c1-17-13-7-6-11(14(16)18-2)10-12(13)15-8-4-3-5-9-15/h6-7,10H,3-5,8-9H2,1-2H3. The Balaban J connectivity index is 2.32. The van der Waals surface area contributed by atoms with E-state index in [-0.39, 0.29) is 5.97 Å². The van der Waals surface area contributed by atoms with Crippen molar-refractivity contribution < 1.29 is 14.3 Å². The minimum atomic E-state index is -0.309. The molecule has 4 heteroatoms. The van der Waals surface area contributed by atoms with E-state index in [4.69, 9.17) is 9.47 Å². The number of ether oxygens (including phenoxy) is 2. The fraction of sp³-hybridized carbons (Fsp3) is 0.500. The fourth-order valence-corrected chi connectivity index (χ4v) is 2.32. The van der Waals surface area contributed by atoms with E-state index in [9.17, 15) is 4.79 Å². The lowest BCUT2D eigenvalue weighted by Gasteiger charge is -2.30. The molecule has 0 bridgehead atoms. The van der Waals surface area contributed by atoms with Crippen LogP contribution in [0.5, 0.6) is 5.75 Å². The van der Waals surface area contributed by atoms with Gasteiger partial charge in [-0.2, -0.15) is 0 Å². The van der Waals surface area contributed by atoms with Gasteiger partial charge in [0, 0.05) is 13.1 Å². The van der Waals surface area contributed by atoms with Crippen LogP contribution in [-0.4, -0.2) is 33.3 Å². The second-order valence-electron chi connectivity index (χ2n) is 4.43. The molecule has 1 saturated heterocycles. The lowest BCUT2D eigenvalue weighted by atomic mass is 10.1. The van der Waals surface area contributed by atoms with E-state index in [1.54, 1.807) is 13.2 Å². The number of carbonyl (C=O) groups is 1. The molecule has 0 saturated carbocycles. The summed E-state index contributed by atoms with van der Waals surface area (Å²) in [6.07, 6.45) is 3.65. The van der Waals surface area contributed by atoms with Gasteiger partial charge < -0.3 is 14.4 Å². The van der Waals surface area contributed by atoms with Gasteiger partial charge in [0.1, 0.15) is 5.75 Å². The van der Waals surface area contributed by atoms with Gasteiger partial charge in [0.2, 0.25) is 0 Å². The number of nitrogens with zero attached hydrogens (tertiary/aromatic N) is 1. The maximum Gasteiger partial charge on any atom is 0.337 e. The Labute approximate surface area is 107 Å². The first kappa shape index (κ1) is 12.7. The molecule has 1 aromatic rings. The van der Waals surface area contributed by atoms with Gasteiger partial charge in [-0.1, -0.05) is 0 Å². The largest absolute Gasteiger partial charge is 0.495 e. The highest BCUT2D eigenvalue weighted by molar-refractivity contribution is 5.91. The molecule has 0 amide bonds. The average molecular weight is 249 g/mol. The van der Waals surface area contributed by atoms with Crippen LogP contribution in [-0.2, 0) is 4.74 Å². The first-order valence-electron chi connectivity index (χ1n) is 6.27. The molecule has 0 aliphatic carbocycles. The molecule has 1 heterocycles. The molecule has 0 radical (unpaired) electrons. The van der Waals surface area contributed by atoms with Crippen molar-refractivity contribution in [2.45, 2.75) is 19.3 Å². The average Bonchev–Trinajstić information content (AvgIpc) is 2.46. The van der Waals surface area contributed by atoms with E-state index in [1.165, 1.54) is 26.4 Å². The van der Waals surface area contributed by atoms with Crippen molar-refractivity contribution in [1.29, 1.82) is 0 Å². The number of carbonyl (C=O) groups excluding carboxylic acids is 1. The third-order valence-electron chi connectivity index (χ3n) is 3.30. The summed E-state index contributed by atoms with van der Waals surface area (Å²) in [6.45, 7) is 2.03. The third-order valence-corrected chi connectivity index (χ3v) is 3.30. The molecule has 0 aromatic heterocycles. The predicted octanol–water partition coefficient (Wildman–Crippen LogP) is 2.47. The minimum Gasteiger partial charge on any atom is -0.495 e. The van der Waals surface area contributed by atoms with Crippen LogP contribution in [0.25, 0.3) is 0 Å². The normalized spacial score (nSPS) is 15.3.